The number of primary amides is 1. The summed E-state index contributed by atoms with van der Waals surface area (Å²) in [6.45, 7) is 8.28. The molecule has 0 saturated carbocycles. The van der Waals surface area contributed by atoms with Crippen LogP contribution in [0, 0.1) is 6.92 Å². The van der Waals surface area contributed by atoms with Crippen molar-refractivity contribution in [3.8, 4) is 0 Å². The third kappa shape index (κ3) is 8.95. The summed E-state index contributed by atoms with van der Waals surface area (Å²) in [6.07, 6.45) is 0. The molecule has 0 spiro atoms. The monoisotopic (exact) mass is 287 g/mol. The highest BCUT2D eigenvalue weighted by Gasteiger charge is 2.03. The van der Waals surface area contributed by atoms with Crippen molar-refractivity contribution in [2.75, 3.05) is 19.8 Å². The number of nitrogens with two attached hydrogens (primary N) is 1. The van der Waals surface area contributed by atoms with Crippen LogP contribution >= 0.6 is 0 Å². The van der Waals surface area contributed by atoms with Crippen molar-refractivity contribution in [3.05, 3.63) is 23.7 Å². The van der Waals surface area contributed by atoms with E-state index in [1.54, 1.807) is 0 Å². The lowest BCUT2D eigenvalue weighted by Crippen LogP contribution is -2.34. The van der Waals surface area contributed by atoms with Crippen molar-refractivity contribution in [1.29, 1.82) is 0 Å². The minimum Gasteiger partial charge on any atom is -0.464 e. The highest BCUT2D eigenvalue weighted by atomic mass is 16.6. The molecule has 0 saturated heterocycles. The Balaban J connectivity index is 0.000000361. The number of aryl methyl sites for hydroxylation is 1. The molecule has 0 aliphatic carbocycles. The van der Waals surface area contributed by atoms with Gasteiger partial charge in [-0.15, -0.1) is 5.16 Å². The van der Waals surface area contributed by atoms with Gasteiger partial charge in [-0.3, -0.25) is 5.21 Å². The van der Waals surface area contributed by atoms with Gasteiger partial charge in [0, 0.05) is 13.3 Å². The normalized spacial score (nSPS) is 9.35. The van der Waals surface area contributed by atoms with E-state index >= 15 is 0 Å². The number of nitrogens with zero attached hydrogens (tertiary/aromatic N) is 2. The highest BCUT2D eigenvalue weighted by molar-refractivity contribution is 5.70. The molecule has 20 heavy (non-hydrogen) atoms. The Hall–Kier alpha value is -2.06. The summed E-state index contributed by atoms with van der Waals surface area (Å²) in [7, 11) is 0. The van der Waals surface area contributed by atoms with E-state index in [1.165, 1.54) is 0 Å². The molecule has 0 unspecified atom stereocenters. The second-order valence-electron chi connectivity index (χ2n) is 3.57. The Kier molecular flexibility index (Phi) is 9.71. The van der Waals surface area contributed by atoms with E-state index in [4.69, 9.17) is 14.4 Å². The minimum absolute atomic E-state index is 0.0195. The van der Waals surface area contributed by atoms with Crippen LogP contribution in [0.25, 0.3) is 0 Å². The summed E-state index contributed by atoms with van der Waals surface area (Å²) < 4.78 is 10.4. The molecule has 1 heterocycles. The number of amides is 2. The molecule has 1 rings (SSSR count). The summed E-state index contributed by atoms with van der Waals surface area (Å²) >= 11 is 0. The number of hydrogen-bond donors (Lipinski definition) is 2. The third-order valence-corrected chi connectivity index (χ3v) is 1.98. The van der Waals surface area contributed by atoms with Crippen molar-refractivity contribution in [3.63, 3.8) is 0 Å². The largest absolute Gasteiger partial charge is 0.464 e. The van der Waals surface area contributed by atoms with E-state index in [0.717, 1.165) is 18.1 Å². The molecule has 8 nitrogen and oxygen atoms in total. The second-order valence-corrected chi connectivity index (χ2v) is 3.57. The molecular formula is C12H21N3O5. The highest BCUT2D eigenvalue weighted by Crippen LogP contribution is 2.06. The molecule has 0 radical (unpaired) electrons. The maximum atomic E-state index is 10.1. The molecule has 0 aromatic carbocycles. The van der Waals surface area contributed by atoms with E-state index in [9.17, 15) is 4.79 Å². The summed E-state index contributed by atoms with van der Waals surface area (Å²) in [5.74, 6) is 1.84. The molecule has 0 aliphatic rings. The van der Waals surface area contributed by atoms with E-state index in [-0.39, 0.29) is 13.2 Å². The molecule has 1 aromatic rings. The number of hydrogen-bond acceptors (Lipinski definition) is 6. The van der Waals surface area contributed by atoms with Crippen LogP contribution in [-0.4, -0.2) is 42.8 Å². The van der Waals surface area contributed by atoms with Crippen molar-refractivity contribution < 1.29 is 24.0 Å². The lowest BCUT2D eigenvalue weighted by Gasteiger charge is -2.09. The lowest BCUT2D eigenvalue weighted by molar-refractivity contribution is -0.0559. The van der Waals surface area contributed by atoms with Crippen LogP contribution in [-0.2, 0) is 16.2 Å². The maximum Gasteiger partial charge on any atom is 0.338 e. The molecule has 2 amide bonds. The van der Waals surface area contributed by atoms with Crippen LogP contribution in [0.1, 0.15) is 18.4 Å². The molecule has 0 atom stereocenters. The predicted octanol–water partition coefficient (Wildman–Crippen LogP) is 1.51. The molecule has 1 aromatic heterocycles. The zero-order valence-electron chi connectivity index (χ0n) is 11.7. The molecule has 8 heteroatoms. The molecule has 0 bridgehead atoms. The van der Waals surface area contributed by atoms with Crippen molar-refractivity contribution in [2.24, 2.45) is 10.9 Å². The summed E-state index contributed by atoms with van der Waals surface area (Å²) in [5, 5.41) is 11.9. The van der Waals surface area contributed by atoms with Gasteiger partial charge in [-0.1, -0.05) is 0 Å². The molecule has 0 fully saturated rings. The van der Waals surface area contributed by atoms with Gasteiger partial charge in [-0.2, -0.15) is 0 Å². The standard InChI is InChI=1S/C8H12O2.C4H9N3O3/c1-3-9-6-8-5-4-7(2)10-8;1-6-10-3-2-7(9)4(5)8/h4-5H,3,6H2,1-2H3;9H,1-3H2,(H2,5,8). The number of carbonyl (C=O) groups is 1. The lowest BCUT2D eigenvalue weighted by atomic mass is 10.4. The number of furan rings is 1. The van der Waals surface area contributed by atoms with Gasteiger partial charge in [0.2, 0.25) is 0 Å². The second kappa shape index (κ2) is 10.8. The predicted molar refractivity (Wildman–Crippen MR) is 72.4 cm³/mol. The zero-order chi connectivity index (χ0) is 15.4. The maximum absolute atomic E-state index is 10.1. The molecular weight excluding hydrogens is 266 g/mol. The Labute approximate surface area is 117 Å². The van der Waals surface area contributed by atoms with Crippen molar-refractivity contribution in [2.45, 2.75) is 20.5 Å². The van der Waals surface area contributed by atoms with Crippen LogP contribution in [0.4, 0.5) is 4.79 Å². The first-order chi connectivity index (χ1) is 9.51. The van der Waals surface area contributed by atoms with E-state index < -0.39 is 6.03 Å². The van der Waals surface area contributed by atoms with Gasteiger partial charge >= 0.3 is 6.03 Å². The van der Waals surface area contributed by atoms with Gasteiger partial charge in [-0.05, 0) is 26.0 Å². The van der Waals surface area contributed by atoms with E-state index in [1.807, 2.05) is 26.0 Å². The third-order valence-electron chi connectivity index (χ3n) is 1.98. The van der Waals surface area contributed by atoms with Crippen molar-refractivity contribution >= 4 is 12.7 Å². The Morgan fingerprint density at radius 3 is 2.75 bits per heavy atom. The number of carbonyl (C=O) groups excluding carboxylic acids is 1. The Bertz CT molecular complexity index is 394. The zero-order valence-corrected chi connectivity index (χ0v) is 11.7. The van der Waals surface area contributed by atoms with Crippen LogP contribution in [0.5, 0.6) is 0 Å². The van der Waals surface area contributed by atoms with Crippen LogP contribution < -0.4 is 5.73 Å². The Morgan fingerprint density at radius 2 is 2.30 bits per heavy atom. The van der Waals surface area contributed by atoms with Crippen LogP contribution in [0.15, 0.2) is 21.7 Å². The Morgan fingerprint density at radius 1 is 1.60 bits per heavy atom. The average Bonchev–Trinajstić information content (AvgIpc) is 2.83. The number of ether oxygens (including phenoxy) is 1. The fraction of sp³-hybridized carbons (Fsp3) is 0.500. The minimum atomic E-state index is -0.923. The number of hydroxylamine groups is 2. The smallest absolute Gasteiger partial charge is 0.338 e. The van der Waals surface area contributed by atoms with E-state index in [0.29, 0.717) is 11.7 Å². The average molecular weight is 287 g/mol. The number of urea groups is 1. The first-order valence-electron chi connectivity index (χ1n) is 5.98. The molecule has 0 aliphatic heterocycles. The van der Waals surface area contributed by atoms with Crippen molar-refractivity contribution in [1.82, 2.24) is 5.06 Å². The number of oxime groups is 1. The van der Waals surface area contributed by atoms with Gasteiger partial charge in [0.25, 0.3) is 0 Å². The van der Waals surface area contributed by atoms with Gasteiger partial charge in [0.15, 0.2) is 0 Å². The number of rotatable bonds is 7. The summed E-state index contributed by atoms with van der Waals surface area (Å²) in [4.78, 5) is 14.4. The van der Waals surface area contributed by atoms with Gasteiger partial charge in [0.05, 0.1) is 6.54 Å². The molecule has 114 valence electrons. The first kappa shape index (κ1) is 17.9. The van der Waals surface area contributed by atoms with Gasteiger partial charge in [0.1, 0.15) is 24.7 Å². The summed E-state index contributed by atoms with van der Waals surface area (Å²) in [5.41, 5.74) is 4.65. The van der Waals surface area contributed by atoms with Gasteiger partial charge in [-0.25, -0.2) is 9.86 Å². The topological polar surface area (TPSA) is 111 Å². The first-order valence-corrected chi connectivity index (χ1v) is 5.98. The molecule has 3 N–H and O–H groups in total. The van der Waals surface area contributed by atoms with Crippen LogP contribution in [0.3, 0.4) is 0 Å². The summed E-state index contributed by atoms with van der Waals surface area (Å²) in [6, 6.07) is 2.95. The van der Waals surface area contributed by atoms with Gasteiger partial charge < -0.3 is 19.7 Å². The SMILES string of the molecule is C=NOCCN(O)C(N)=O.CCOCc1ccc(C)o1. The van der Waals surface area contributed by atoms with Crippen LogP contribution in [0.2, 0.25) is 0 Å². The van der Waals surface area contributed by atoms with E-state index in [2.05, 4.69) is 22.4 Å². The fourth-order valence-corrected chi connectivity index (χ4v) is 1.07. The fourth-order valence-electron chi connectivity index (χ4n) is 1.07. The quantitative estimate of drug-likeness (QED) is 0.342.